The van der Waals surface area contributed by atoms with Crippen molar-refractivity contribution >= 4 is 29.1 Å². The van der Waals surface area contributed by atoms with Crippen molar-refractivity contribution in [2.45, 2.75) is 19.8 Å². The van der Waals surface area contributed by atoms with Gasteiger partial charge in [0.1, 0.15) is 5.82 Å². The number of nitrogens with two attached hydrogens (primary N) is 1. The summed E-state index contributed by atoms with van der Waals surface area (Å²) >= 11 is 0. The molecule has 8 nitrogen and oxygen atoms in total. The summed E-state index contributed by atoms with van der Waals surface area (Å²) in [6.07, 6.45) is 3.10. The third kappa shape index (κ3) is 3.10. The van der Waals surface area contributed by atoms with Crippen molar-refractivity contribution in [2.75, 3.05) is 16.8 Å². The first-order valence-corrected chi connectivity index (χ1v) is 7.22. The quantitative estimate of drug-likeness (QED) is 0.875. The van der Waals surface area contributed by atoms with Gasteiger partial charge in [0.05, 0.1) is 11.9 Å². The van der Waals surface area contributed by atoms with Gasteiger partial charge in [-0.25, -0.2) is 4.98 Å². The molecule has 0 bridgehead atoms. The lowest BCUT2D eigenvalue weighted by atomic mass is 10.2. The normalized spacial score (nSPS) is 14.1. The molecule has 1 saturated heterocycles. The van der Waals surface area contributed by atoms with E-state index in [1.54, 1.807) is 30.2 Å². The molecule has 3 heterocycles. The summed E-state index contributed by atoms with van der Waals surface area (Å²) in [5, 5.41) is 10.7. The Balaban J connectivity index is 1.74. The molecule has 3 rings (SSSR count). The van der Waals surface area contributed by atoms with E-state index in [4.69, 9.17) is 5.73 Å². The predicted octanol–water partition coefficient (Wildman–Crippen LogP) is 1.15. The molecule has 118 valence electrons. The highest BCUT2D eigenvalue weighted by molar-refractivity contribution is 5.95. The highest BCUT2D eigenvalue weighted by Gasteiger charge is 2.21. The van der Waals surface area contributed by atoms with Gasteiger partial charge in [0.2, 0.25) is 5.91 Å². The third-order valence-corrected chi connectivity index (χ3v) is 3.61. The number of aryl methyl sites for hydroxylation is 1. The summed E-state index contributed by atoms with van der Waals surface area (Å²) in [5.41, 5.74) is 6.76. The number of pyridine rings is 1. The number of primary amides is 1. The molecule has 23 heavy (non-hydrogen) atoms. The molecule has 1 aliphatic heterocycles. The lowest BCUT2D eigenvalue weighted by Crippen LogP contribution is -2.23. The zero-order valence-electron chi connectivity index (χ0n) is 12.6. The minimum atomic E-state index is -0.612. The number of nitrogens with zero attached hydrogens (tertiary/aromatic N) is 4. The van der Waals surface area contributed by atoms with Crippen LogP contribution in [0.1, 0.15) is 28.9 Å². The van der Waals surface area contributed by atoms with Crippen LogP contribution in [-0.2, 0) is 4.79 Å². The Kier molecular flexibility index (Phi) is 3.88. The number of carbonyl (C=O) groups excluding carboxylic acids is 2. The van der Waals surface area contributed by atoms with E-state index in [2.05, 4.69) is 20.5 Å². The Bertz CT molecular complexity index is 759. The zero-order chi connectivity index (χ0) is 16.4. The molecule has 1 aliphatic rings. The van der Waals surface area contributed by atoms with Crippen LogP contribution in [0.5, 0.6) is 0 Å². The minimum Gasteiger partial charge on any atom is -0.364 e. The maximum Gasteiger partial charge on any atom is 0.269 e. The summed E-state index contributed by atoms with van der Waals surface area (Å²) < 4.78 is 0. The SMILES string of the molecule is Cc1cc(Nc2ccc(N3CCCC3=O)cn2)nnc1C(N)=O. The van der Waals surface area contributed by atoms with E-state index in [9.17, 15) is 9.59 Å². The fraction of sp³-hybridized carbons (Fsp3) is 0.267. The average molecular weight is 312 g/mol. The maximum absolute atomic E-state index is 11.7. The first kappa shape index (κ1) is 14.9. The topological polar surface area (TPSA) is 114 Å². The number of hydrogen-bond donors (Lipinski definition) is 2. The largest absolute Gasteiger partial charge is 0.364 e. The van der Waals surface area contributed by atoms with Crippen LogP contribution in [0.2, 0.25) is 0 Å². The number of carbonyl (C=O) groups is 2. The Morgan fingerprint density at radius 2 is 2.13 bits per heavy atom. The molecule has 2 aromatic heterocycles. The smallest absolute Gasteiger partial charge is 0.269 e. The van der Waals surface area contributed by atoms with Gasteiger partial charge >= 0.3 is 0 Å². The summed E-state index contributed by atoms with van der Waals surface area (Å²) in [5.74, 6) is 0.543. The Labute approximate surface area is 132 Å². The molecule has 3 N–H and O–H groups in total. The van der Waals surface area contributed by atoms with Crippen molar-refractivity contribution < 1.29 is 9.59 Å². The fourth-order valence-corrected chi connectivity index (χ4v) is 2.46. The van der Waals surface area contributed by atoms with Gasteiger partial charge in [-0.3, -0.25) is 9.59 Å². The minimum absolute atomic E-state index is 0.121. The van der Waals surface area contributed by atoms with Crippen LogP contribution >= 0.6 is 0 Å². The summed E-state index contributed by atoms with van der Waals surface area (Å²) in [6.45, 7) is 2.46. The van der Waals surface area contributed by atoms with Gasteiger partial charge in [-0.1, -0.05) is 0 Å². The second kappa shape index (κ2) is 5.99. The first-order valence-electron chi connectivity index (χ1n) is 7.22. The van der Waals surface area contributed by atoms with E-state index in [1.807, 2.05) is 6.07 Å². The molecule has 0 unspecified atom stereocenters. The zero-order valence-corrected chi connectivity index (χ0v) is 12.6. The molecular formula is C15H16N6O2. The van der Waals surface area contributed by atoms with Crippen molar-refractivity contribution in [1.82, 2.24) is 15.2 Å². The van der Waals surface area contributed by atoms with Crippen LogP contribution in [0.15, 0.2) is 24.4 Å². The second-order valence-corrected chi connectivity index (χ2v) is 5.30. The van der Waals surface area contributed by atoms with Gasteiger partial charge in [-0.15, -0.1) is 10.2 Å². The number of aromatic nitrogens is 3. The van der Waals surface area contributed by atoms with E-state index in [0.717, 1.165) is 18.7 Å². The van der Waals surface area contributed by atoms with Gasteiger partial charge < -0.3 is 16.0 Å². The molecule has 2 aromatic rings. The summed E-state index contributed by atoms with van der Waals surface area (Å²) in [4.78, 5) is 28.8. The summed E-state index contributed by atoms with van der Waals surface area (Å²) in [7, 11) is 0. The van der Waals surface area contributed by atoms with E-state index in [1.165, 1.54) is 0 Å². The van der Waals surface area contributed by atoms with Gasteiger partial charge in [0, 0.05) is 13.0 Å². The number of amides is 2. The maximum atomic E-state index is 11.7. The molecule has 0 aromatic carbocycles. The number of anilines is 3. The highest BCUT2D eigenvalue weighted by atomic mass is 16.2. The fourth-order valence-electron chi connectivity index (χ4n) is 2.46. The average Bonchev–Trinajstić information content (AvgIpc) is 2.94. The summed E-state index contributed by atoms with van der Waals surface area (Å²) in [6, 6.07) is 5.27. The molecule has 0 atom stereocenters. The number of nitrogens with one attached hydrogen (secondary N) is 1. The van der Waals surface area contributed by atoms with E-state index in [0.29, 0.717) is 23.6 Å². The Morgan fingerprint density at radius 1 is 1.30 bits per heavy atom. The van der Waals surface area contributed by atoms with E-state index < -0.39 is 5.91 Å². The Morgan fingerprint density at radius 3 is 2.70 bits per heavy atom. The molecule has 0 aliphatic carbocycles. The van der Waals surface area contributed by atoms with Crippen LogP contribution < -0.4 is 16.0 Å². The first-order chi connectivity index (χ1) is 11.0. The van der Waals surface area contributed by atoms with Crippen molar-refractivity contribution in [2.24, 2.45) is 5.73 Å². The molecule has 2 amide bonds. The van der Waals surface area contributed by atoms with Crippen LogP contribution in [0, 0.1) is 6.92 Å². The van der Waals surface area contributed by atoms with Crippen LogP contribution in [0.4, 0.5) is 17.3 Å². The van der Waals surface area contributed by atoms with E-state index in [-0.39, 0.29) is 11.6 Å². The Hall–Kier alpha value is -3.03. The van der Waals surface area contributed by atoms with Gasteiger partial charge in [0.15, 0.2) is 11.5 Å². The van der Waals surface area contributed by atoms with Gasteiger partial charge in [0.25, 0.3) is 5.91 Å². The van der Waals surface area contributed by atoms with Crippen molar-refractivity contribution in [3.8, 4) is 0 Å². The van der Waals surface area contributed by atoms with E-state index >= 15 is 0 Å². The van der Waals surface area contributed by atoms with Gasteiger partial charge in [-0.2, -0.15) is 0 Å². The van der Waals surface area contributed by atoms with Crippen LogP contribution in [0.3, 0.4) is 0 Å². The molecule has 8 heteroatoms. The number of hydrogen-bond acceptors (Lipinski definition) is 6. The standard InChI is InChI=1S/C15H16N6O2/c1-9-7-12(19-20-14(9)15(16)23)18-11-5-4-10(8-17-11)21-6-2-3-13(21)22/h4-5,7-8H,2-3,6H2,1H3,(H2,16,23)(H,17,18,19). The molecule has 0 spiro atoms. The van der Waals surface area contributed by atoms with Crippen molar-refractivity contribution in [3.63, 3.8) is 0 Å². The lowest BCUT2D eigenvalue weighted by molar-refractivity contribution is -0.117. The van der Waals surface area contributed by atoms with Crippen LogP contribution in [0.25, 0.3) is 0 Å². The number of rotatable bonds is 4. The third-order valence-electron chi connectivity index (χ3n) is 3.61. The molecular weight excluding hydrogens is 296 g/mol. The highest BCUT2D eigenvalue weighted by Crippen LogP contribution is 2.22. The van der Waals surface area contributed by atoms with Gasteiger partial charge in [-0.05, 0) is 37.1 Å². The lowest BCUT2D eigenvalue weighted by Gasteiger charge is -2.15. The monoisotopic (exact) mass is 312 g/mol. The molecule has 1 fully saturated rings. The predicted molar refractivity (Wildman–Crippen MR) is 84.4 cm³/mol. The second-order valence-electron chi connectivity index (χ2n) is 5.30. The van der Waals surface area contributed by atoms with Crippen molar-refractivity contribution in [1.29, 1.82) is 0 Å². The molecule has 0 saturated carbocycles. The molecule has 0 radical (unpaired) electrons. The van der Waals surface area contributed by atoms with Crippen molar-refractivity contribution in [3.05, 3.63) is 35.7 Å². The van der Waals surface area contributed by atoms with Crippen LogP contribution in [-0.4, -0.2) is 33.5 Å².